The van der Waals surface area contributed by atoms with Gasteiger partial charge in [-0.15, -0.1) is 5.10 Å². The third kappa shape index (κ3) is 4.54. The number of rotatable bonds is 7. The average molecular weight is 409 g/mol. The van der Waals surface area contributed by atoms with E-state index in [-0.39, 0.29) is 10.6 Å². The van der Waals surface area contributed by atoms with Crippen molar-refractivity contribution in [2.75, 3.05) is 38.2 Å². The highest BCUT2D eigenvalue weighted by Gasteiger charge is 2.20. The van der Waals surface area contributed by atoms with Crippen LogP contribution in [0, 0.1) is 10.1 Å². The van der Waals surface area contributed by atoms with Crippen LogP contribution in [0.1, 0.15) is 11.4 Å². The van der Waals surface area contributed by atoms with Crippen molar-refractivity contribution in [3.63, 3.8) is 0 Å². The molecule has 0 aliphatic carbocycles. The molecule has 1 aliphatic rings. The Morgan fingerprint density at radius 3 is 2.33 bits per heavy atom. The van der Waals surface area contributed by atoms with Crippen LogP contribution in [-0.2, 0) is 13.1 Å². The summed E-state index contributed by atoms with van der Waals surface area (Å²) >= 11 is 0. The summed E-state index contributed by atoms with van der Waals surface area (Å²) in [6.45, 7) is 4.71. The second-order valence-corrected chi connectivity index (χ2v) is 7.14. The molecule has 10 heteroatoms. The van der Waals surface area contributed by atoms with Gasteiger partial charge in [-0.05, 0) is 40.3 Å². The molecule has 1 saturated heterocycles. The Bertz CT molecular complexity index is 980. The standard InChI is InChI=1S/C20H23N7O3/c1-30-19-8-2-16(3-9-19)14-26-20(21-22-23-26)15-24-10-12-25(13-11-24)17-4-6-18(7-5-17)27(28)29/h2-9H,10-15H2,1H3. The molecule has 1 aliphatic heterocycles. The topological polar surface area (TPSA) is 102 Å². The first-order chi connectivity index (χ1) is 14.6. The van der Waals surface area contributed by atoms with Crippen LogP contribution in [0.2, 0.25) is 0 Å². The summed E-state index contributed by atoms with van der Waals surface area (Å²) in [5.41, 5.74) is 2.22. The number of hydrogen-bond donors (Lipinski definition) is 0. The van der Waals surface area contributed by atoms with E-state index in [2.05, 4.69) is 25.3 Å². The first-order valence-corrected chi connectivity index (χ1v) is 9.72. The molecule has 0 saturated carbocycles. The summed E-state index contributed by atoms with van der Waals surface area (Å²) in [6, 6.07) is 14.6. The smallest absolute Gasteiger partial charge is 0.269 e. The molecular formula is C20H23N7O3. The maximum absolute atomic E-state index is 10.8. The summed E-state index contributed by atoms with van der Waals surface area (Å²) in [5, 5.41) is 23.0. The maximum atomic E-state index is 10.8. The van der Waals surface area contributed by atoms with E-state index in [4.69, 9.17) is 4.74 Å². The fourth-order valence-corrected chi connectivity index (χ4v) is 3.51. The lowest BCUT2D eigenvalue weighted by molar-refractivity contribution is -0.384. The van der Waals surface area contributed by atoms with Crippen LogP contribution in [0.15, 0.2) is 48.5 Å². The highest BCUT2D eigenvalue weighted by atomic mass is 16.6. The Balaban J connectivity index is 1.33. The number of tetrazole rings is 1. The highest BCUT2D eigenvalue weighted by Crippen LogP contribution is 2.21. The van der Waals surface area contributed by atoms with Crippen LogP contribution in [-0.4, -0.2) is 63.3 Å². The van der Waals surface area contributed by atoms with Crippen molar-refractivity contribution in [3.8, 4) is 5.75 Å². The van der Waals surface area contributed by atoms with Gasteiger partial charge in [-0.25, -0.2) is 4.68 Å². The summed E-state index contributed by atoms with van der Waals surface area (Å²) < 4.78 is 7.02. The third-order valence-electron chi connectivity index (χ3n) is 5.26. The average Bonchev–Trinajstić information content (AvgIpc) is 3.21. The van der Waals surface area contributed by atoms with Gasteiger partial charge in [0.15, 0.2) is 5.82 Å². The number of nitrogens with zero attached hydrogens (tertiary/aromatic N) is 7. The molecule has 0 atom stereocenters. The molecule has 0 bridgehead atoms. The summed E-state index contributed by atoms with van der Waals surface area (Å²) in [6.07, 6.45) is 0. The number of methoxy groups -OCH3 is 1. The molecule has 1 fully saturated rings. The van der Waals surface area contributed by atoms with E-state index in [9.17, 15) is 10.1 Å². The molecule has 3 aromatic rings. The van der Waals surface area contributed by atoms with Crippen molar-refractivity contribution in [3.05, 3.63) is 70.0 Å². The molecule has 0 amide bonds. The first-order valence-electron chi connectivity index (χ1n) is 9.72. The number of non-ortho nitro benzene ring substituents is 1. The molecule has 30 heavy (non-hydrogen) atoms. The lowest BCUT2D eigenvalue weighted by atomic mass is 10.2. The summed E-state index contributed by atoms with van der Waals surface area (Å²) in [4.78, 5) is 15.0. The molecule has 4 rings (SSSR count). The predicted molar refractivity (Wildman–Crippen MR) is 110 cm³/mol. The van der Waals surface area contributed by atoms with Gasteiger partial charge >= 0.3 is 0 Å². The van der Waals surface area contributed by atoms with Crippen molar-refractivity contribution < 1.29 is 9.66 Å². The van der Waals surface area contributed by atoms with Crippen molar-refractivity contribution in [2.24, 2.45) is 0 Å². The van der Waals surface area contributed by atoms with Crippen LogP contribution in [0.5, 0.6) is 5.75 Å². The molecule has 0 radical (unpaired) electrons. The number of nitro benzene ring substituents is 1. The fourth-order valence-electron chi connectivity index (χ4n) is 3.51. The van der Waals surface area contributed by atoms with E-state index in [1.165, 1.54) is 0 Å². The van der Waals surface area contributed by atoms with Gasteiger partial charge in [-0.1, -0.05) is 12.1 Å². The van der Waals surface area contributed by atoms with Gasteiger partial charge in [0.2, 0.25) is 0 Å². The number of aromatic nitrogens is 4. The van der Waals surface area contributed by atoms with Gasteiger partial charge in [-0.3, -0.25) is 15.0 Å². The van der Waals surface area contributed by atoms with Crippen molar-refractivity contribution >= 4 is 11.4 Å². The first kappa shape index (κ1) is 19.8. The van der Waals surface area contributed by atoms with E-state index >= 15 is 0 Å². The van der Waals surface area contributed by atoms with Crippen molar-refractivity contribution in [2.45, 2.75) is 13.1 Å². The van der Waals surface area contributed by atoms with E-state index in [1.54, 1.807) is 19.2 Å². The van der Waals surface area contributed by atoms with Gasteiger partial charge in [0, 0.05) is 44.0 Å². The SMILES string of the molecule is COc1ccc(Cn2nnnc2CN2CCN(c3ccc([N+](=O)[O-])cc3)CC2)cc1. The number of benzene rings is 2. The quantitative estimate of drug-likeness (QED) is 0.431. The lowest BCUT2D eigenvalue weighted by Gasteiger charge is -2.35. The molecule has 0 spiro atoms. The summed E-state index contributed by atoms with van der Waals surface area (Å²) in [7, 11) is 1.65. The van der Waals surface area contributed by atoms with Crippen LogP contribution in [0.3, 0.4) is 0 Å². The number of anilines is 1. The summed E-state index contributed by atoms with van der Waals surface area (Å²) in [5.74, 6) is 1.65. The van der Waals surface area contributed by atoms with Crippen molar-refractivity contribution in [1.82, 2.24) is 25.1 Å². The molecule has 156 valence electrons. The zero-order chi connectivity index (χ0) is 20.9. The van der Waals surface area contributed by atoms with Crippen LogP contribution >= 0.6 is 0 Å². The molecule has 2 heterocycles. The largest absolute Gasteiger partial charge is 0.497 e. The Morgan fingerprint density at radius 1 is 1.00 bits per heavy atom. The van der Waals surface area contributed by atoms with Gasteiger partial charge in [-0.2, -0.15) is 0 Å². The number of piperazine rings is 1. The third-order valence-corrected chi connectivity index (χ3v) is 5.26. The van der Waals surface area contributed by atoms with Gasteiger partial charge in [0.25, 0.3) is 5.69 Å². The Labute approximate surface area is 173 Å². The maximum Gasteiger partial charge on any atom is 0.269 e. The molecule has 0 unspecified atom stereocenters. The van der Waals surface area contributed by atoms with E-state index < -0.39 is 0 Å². The van der Waals surface area contributed by atoms with Gasteiger partial charge < -0.3 is 9.64 Å². The zero-order valence-corrected chi connectivity index (χ0v) is 16.7. The van der Waals surface area contributed by atoms with Crippen LogP contribution in [0.25, 0.3) is 0 Å². The Morgan fingerprint density at radius 2 is 1.70 bits per heavy atom. The Kier molecular flexibility index (Phi) is 5.84. The van der Waals surface area contributed by atoms with E-state index in [0.717, 1.165) is 49.0 Å². The minimum absolute atomic E-state index is 0.112. The minimum Gasteiger partial charge on any atom is -0.497 e. The van der Waals surface area contributed by atoms with Crippen molar-refractivity contribution in [1.29, 1.82) is 0 Å². The second-order valence-electron chi connectivity index (χ2n) is 7.14. The van der Waals surface area contributed by atoms with Crippen LogP contribution < -0.4 is 9.64 Å². The molecular weight excluding hydrogens is 386 g/mol. The lowest BCUT2D eigenvalue weighted by Crippen LogP contribution is -2.46. The monoisotopic (exact) mass is 409 g/mol. The second kappa shape index (κ2) is 8.87. The zero-order valence-electron chi connectivity index (χ0n) is 16.7. The fraction of sp³-hybridized carbons (Fsp3) is 0.350. The highest BCUT2D eigenvalue weighted by molar-refractivity contribution is 5.51. The van der Waals surface area contributed by atoms with Crippen LogP contribution in [0.4, 0.5) is 11.4 Å². The molecule has 1 aromatic heterocycles. The van der Waals surface area contributed by atoms with E-state index in [1.807, 2.05) is 41.1 Å². The number of hydrogen-bond acceptors (Lipinski definition) is 8. The van der Waals surface area contributed by atoms with Gasteiger partial charge in [0.1, 0.15) is 5.75 Å². The predicted octanol–water partition coefficient (Wildman–Crippen LogP) is 1.96. The number of nitro groups is 1. The van der Waals surface area contributed by atoms with E-state index in [0.29, 0.717) is 13.1 Å². The molecule has 0 N–H and O–H groups in total. The molecule has 10 nitrogen and oxygen atoms in total. The van der Waals surface area contributed by atoms with Gasteiger partial charge in [0.05, 0.1) is 25.1 Å². The minimum atomic E-state index is -0.377. The number of ether oxygens (including phenoxy) is 1. The Hall–Kier alpha value is -3.53. The normalized spacial score (nSPS) is 14.6. The molecule has 2 aromatic carbocycles.